The molecule has 3 heteroatoms. The summed E-state index contributed by atoms with van der Waals surface area (Å²) in [5.74, 6) is 5.80. The van der Waals surface area contributed by atoms with Crippen molar-refractivity contribution in [3.63, 3.8) is 0 Å². The average Bonchev–Trinajstić information content (AvgIpc) is 2.62. The van der Waals surface area contributed by atoms with Gasteiger partial charge in [0.25, 0.3) is 0 Å². The third kappa shape index (κ3) is 4.08. The van der Waals surface area contributed by atoms with Gasteiger partial charge in [0.2, 0.25) is 0 Å². The molecule has 0 saturated heterocycles. The summed E-state index contributed by atoms with van der Waals surface area (Å²) in [6.07, 6.45) is 9.31. The Kier molecular flexibility index (Phi) is 6.90. The molecule has 0 spiro atoms. The second-order valence-electron chi connectivity index (χ2n) is 5.44. The normalized spacial score (nSPS) is 21.3. The van der Waals surface area contributed by atoms with E-state index in [9.17, 15) is 0 Å². The average molecular weight is 254 g/mol. The molecule has 106 valence electrons. The molecule has 0 amide bonds. The van der Waals surface area contributed by atoms with Gasteiger partial charge in [-0.3, -0.25) is 11.3 Å². The SMILES string of the molecule is C=C(CC)CC(NN)C1(OCC)CCCCCC1. The van der Waals surface area contributed by atoms with Gasteiger partial charge in [0.05, 0.1) is 11.6 Å². The second-order valence-corrected chi connectivity index (χ2v) is 5.44. The van der Waals surface area contributed by atoms with Crippen LogP contribution in [0.3, 0.4) is 0 Å². The molecule has 3 N–H and O–H groups in total. The van der Waals surface area contributed by atoms with Crippen LogP contribution in [0.15, 0.2) is 12.2 Å². The van der Waals surface area contributed by atoms with E-state index in [1.165, 1.54) is 31.3 Å². The van der Waals surface area contributed by atoms with Gasteiger partial charge in [-0.15, -0.1) is 0 Å². The van der Waals surface area contributed by atoms with E-state index in [-0.39, 0.29) is 11.6 Å². The molecule has 1 aliphatic carbocycles. The second kappa shape index (κ2) is 7.93. The largest absolute Gasteiger partial charge is 0.374 e. The van der Waals surface area contributed by atoms with E-state index in [4.69, 9.17) is 10.6 Å². The summed E-state index contributed by atoms with van der Waals surface area (Å²) in [4.78, 5) is 0. The van der Waals surface area contributed by atoms with Crippen LogP contribution in [-0.4, -0.2) is 18.2 Å². The van der Waals surface area contributed by atoms with E-state index in [0.717, 1.165) is 32.3 Å². The highest BCUT2D eigenvalue weighted by Crippen LogP contribution is 2.35. The molecule has 1 atom stereocenters. The third-order valence-electron chi connectivity index (χ3n) is 4.21. The molecular weight excluding hydrogens is 224 g/mol. The van der Waals surface area contributed by atoms with Crippen molar-refractivity contribution in [3.05, 3.63) is 12.2 Å². The Hall–Kier alpha value is -0.380. The Morgan fingerprint density at radius 1 is 1.28 bits per heavy atom. The first-order valence-electron chi connectivity index (χ1n) is 7.45. The zero-order valence-corrected chi connectivity index (χ0v) is 12.1. The van der Waals surface area contributed by atoms with E-state index >= 15 is 0 Å². The van der Waals surface area contributed by atoms with Crippen LogP contribution in [0.4, 0.5) is 0 Å². The number of rotatable bonds is 7. The fourth-order valence-corrected chi connectivity index (χ4v) is 3.04. The van der Waals surface area contributed by atoms with Gasteiger partial charge < -0.3 is 4.74 Å². The molecule has 0 aromatic heterocycles. The van der Waals surface area contributed by atoms with Crippen LogP contribution in [0, 0.1) is 0 Å². The van der Waals surface area contributed by atoms with Gasteiger partial charge >= 0.3 is 0 Å². The van der Waals surface area contributed by atoms with Crippen LogP contribution in [0.5, 0.6) is 0 Å². The monoisotopic (exact) mass is 254 g/mol. The highest BCUT2D eigenvalue weighted by Gasteiger charge is 2.39. The number of ether oxygens (including phenoxy) is 1. The van der Waals surface area contributed by atoms with Crippen LogP contribution >= 0.6 is 0 Å². The molecule has 1 aliphatic rings. The zero-order chi connectivity index (χ0) is 13.4. The Labute approximate surface area is 112 Å². The van der Waals surface area contributed by atoms with Gasteiger partial charge in [-0.2, -0.15) is 0 Å². The van der Waals surface area contributed by atoms with Crippen molar-refractivity contribution in [3.8, 4) is 0 Å². The van der Waals surface area contributed by atoms with Crippen molar-refractivity contribution < 1.29 is 4.74 Å². The van der Waals surface area contributed by atoms with Crippen molar-refractivity contribution in [1.29, 1.82) is 0 Å². The molecule has 0 heterocycles. The maximum absolute atomic E-state index is 6.17. The summed E-state index contributed by atoms with van der Waals surface area (Å²) in [6, 6.07) is 0.197. The zero-order valence-electron chi connectivity index (χ0n) is 12.1. The molecule has 1 unspecified atom stereocenters. The fraction of sp³-hybridized carbons (Fsp3) is 0.867. The quantitative estimate of drug-likeness (QED) is 0.317. The van der Waals surface area contributed by atoms with Crippen molar-refractivity contribution in [2.24, 2.45) is 5.84 Å². The van der Waals surface area contributed by atoms with E-state index < -0.39 is 0 Å². The summed E-state index contributed by atoms with van der Waals surface area (Å²) in [5.41, 5.74) is 4.17. The van der Waals surface area contributed by atoms with Crippen molar-refractivity contribution in [1.82, 2.24) is 5.43 Å². The molecule has 0 bridgehead atoms. The lowest BCUT2D eigenvalue weighted by Crippen LogP contribution is -2.55. The first kappa shape index (κ1) is 15.7. The smallest absolute Gasteiger partial charge is 0.0851 e. The molecule has 1 saturated carbocycles. The lowest BCUT2D eigenvalue weighted by Gasteiger charge is -2.40. The molecule has 1 rings (SSSR count). The summed E-state index contributed by atoms with van der Waals surface area (Å²) >= 11 is 0. The van der Waals surface area contributed by atoms with Crippen LogP contribution in [0.1, 0.15) is 65.2 Å². The van der Waals surface area contributed by atoms with Crippen LogP contribution < -0.4 is 11.3 Å². The lowest BCUT2D eigenvalue weighted by atomic mass is 9.82. The van der Waals surface area contributed by atoms with Crippen LogP contribution in [-0.2, 0) is 4.74 Å². The molecule has 3 nitrogen and oxygen atoms in total. The maximum atomic E-state index is 6.17. The first-order valence-corrected chi connectivity index (χ1v) is 7.45. The highest BCUT2D eigenvalue weighted by atomic mass is 16.5. The van der Waals surface area contributed by atoms with E-state index in [1.54, 1.807) is 0 Å². The van der Waals surface area contributed by atoms with Gasteiger partial charge in [0, 0.05) is 6.61 Å². The van der Waals surface area contributed by atoms with Crippen molar-refractivity contribution in [2.45, 2.75) is 76.9 Å². The Morgan fingerprint density at radius 2 is 1.89 bits per heavy atom. The van der Waals surface area contributed by atoms with Gasteiger partial charge in [0.15, 0.2) is 0 Å². The summed E-state index contributed by atoms with van der Waals surface area (Å²) in [7, 11) is 0. The minimum absolute atomic E-state index is 0.0852. The third-order valence-corrected chi connectivity index (χ3v) is 4.21. The molecule has 18 heavy (non-hydrogen) atoms. The van der Waals surface area contributed by atoms with Gasteiger partial charge in [-0.05, 0) is 32.6 Å². The number of hydrazine groups is 1. The lowest BCUT2D eigenvalue weighted by molar-refractivity contribution is -0.0768. The minimum Gasteiger partial charge on any atom is -0.374 e. The summed E-state index contributed by atoms with van der Waals surface area (Å²) < 4.78 is 6.17. The molecule has 0 aliphatic heterocycles. The van der Waals surface area contributed by atoms with E-state index in [0.29, 0.717) is 0 Å². The van der Waals surface area contributed by atoms with Crippen LogP contribution in [0.25, 0.3) is 0 Å². The van der Waals surface area contributed by atoms with Crippen LogP contribution in [0.2, 0.25) is 0 Å². The summed E-state index contributed by atoms with van der Waals surface area (Å²) in [6.45, 7) is 9.11. The van der Waals surface area contributed by atoms with E-state index in [1.807, 2.05) is 0 Å². The van der Waals surface area contributed by atoms with Gasteiger partial charge in [-0.1, -0.05) is 44.8 Å². The predicted octanol–water partition coefficient (Wildman–Crippen LogP) is 3.30. The maximum Gasteiger partial charge on any atom is 0.0851 e. The standard InChI is InChI=1S/C15H30N2O/c1-4-13(3)12-14(17-16)15(18-5-2)10-8-6-7-9-11-15/h14,17H,3-12,16H2,1-2H3. The number of nitrogens with one attached hydrogen (secondary N) is 1. The van der Waals surface area contributed by atoms with Crippen molar-refractivity contribution in [2.75, 3.05) is 6.61 Å². The predicted molar refractivity (Wildman–Crippen MR) is 77.2 cm³/mol. The van der Waals surface area contributed by atoms with Gasteiger partial charge in [-0.25, -0.2) is 0 Å². The summed E-state index contributed by atoms with van der Waals surface area (Å²) in [5, 5.41) is 0. The Morgan fingerprint density at radius 3 is 2.33 bits per heavy atom. The van der Waals surface area contributed by atoms with Crippen molar-refractivity contribution >= 4 is 0 Å². The Bertz CT molecular complexity index is 245. The number of hydrogen-bond donors (Lipinski definition) is 2. The Balaban J connectivity index is 2.80. The first-order chi connectivity index (χ1) is 8.68. The van der Waals surface area contributed by atoms with Gasteiger partial charge in [0.1, 0.15) is 0 Å². The molecular formula is C15H30N2O. The highest BCUT2D eigenvalue weighted by molar-refractivity contribution is 5.04. The minimum atomic E-state index is -0.0852. The van der Waals surface area contributed by atoms with E-state index in [2.05, 4.69) is 25.9 Å². The number of hydrogen-bond acceptors (Lipinski definition) is 3. The molecule has 0 radical (unpaired) electrons. The number of nitrogens with two attached hydrogens (primary N) is 1. The molecule has 0 aromatic rings. The molecule has 1 fully saturated rings. The molecule has 0 aromatic carbocycles. The fourth-order valence-electron chi connectivity index (χ4n) is 3.04. The topological polar surface area (TPSA) is 47.3 Å².